The molecule has 0 aromatic rings. The standard InChI is InChI=1S/C18H37NO2/c1-3-4-5-6-7-8-12-19-14-17(20)15-21-18-11-9-10-16(2)13-18/h16-20H,3-15H2,1-2H3. The van der Waals surface area contributed by atoms with Crippen molar-refractivity contribution >= 4 is 0 Å². The number of rotatable bonds is 12. The van der Waals surface area contributed by atoms with E-state index in [9.17, 15) is 5.11 Å². The summed E-state index contributed by atoms with van der Waals surface area (Å²) in [5, 5.41) is 13.3. The van der Waals surface area contributed by atoms with Gasteiger partial charge in [-0.25, -0.2) is 0 Å². The van der Waals surface area contributed by atoms with Crippen molar-refractivity contribution < 1.29 is 9.84 Å². The van der Waals surface area contributed by atoms with E-state index in [0.717, 1.165) is 18.9 Å². The number of unbranched alkanes of at least 4 members (excludes halogenated alkanes) is 5. The van der Waals surface area contributed by atoms with E-state index in [1.807, 2.05) is 0 Å². The molecule has 0 bridgehead atoms. The molecule has 0 aromatic carbocycles. The Morgan fingerprint density at radius 2 is 1.90 bits per heavy atom. The number of hydrogen-bond acceptors (Lipinski definition) is 3. The molecule has 0 aromatic heterocycles. The molecule has 3 heteroatoms. The fourth-order valence-electron chi connectivity index (χ4n) is 3.13. The van der Waals surface area contributed by atoms with E-state index in [-0.39, 0.29) is 6.10 Å². The summed E-state index contributed by atoms with van der Waals surface area (Å²) in [7, 11) is 0. The van der Waals surface area contributed by atoms with Gasteiger partial charge in [0.05, 0.1) is 18.8 Å². The topological polar surface area (TPSA) is 41.5 Å². The van der Waals surface area contributed by atoms with Gasteiger partial charge in [-0.3, -0.25) is 0 Å². The number of hydrogen-bond donors (Lipinski definition) is 2. The summed E-state index contributed by atoms with van der Waals surface area (Å²) >= 11 is 0. The maximum absolute atomic E-state index is 9.93. The van der Waals surface area contributed by atoms with E-state index in [4.69, 9.17) is 4.74 Å². The first-order valence-corrected chi connectivity index (χ1v) is 9.22. The number of aliphatic hydroxyl groups excluding tert-OH is 1. The van der Waals surface area contributed by atoms with Crippen LogP contribution in [0.25, 0.3) is 0 Å². The van der Waals surface area contributed by atoms with Crippen LogP contribution in [0.1, 0.15) is 78.1 Å². The van der Waals surface area contributed by atoms with Gasteiger partial charge in [0.1, 0.15) is 0 Å². The van der Waals surface area contributed by atoms with Crippen molar-refractivity contribution in [1.29, 1.82) is 0 Å². The first-order chi connectivity index (χ1) is 10.2. The van der Waals surface area contributed by atoms with Crippen molar-refractivity contribution in [3.8, 4) is 0 Å². The first-order valence-electron chi connectivity index (χ1n) is 9.22. The summed E-state index contributed by atoms with van der Waals surface area (Å²) in [5.41, 5.74) is 0. The van der Waals surface area contributed by atoms with Crippen LogP contribution in [-0.2, 0) is 4.74 Å². The molecule has 0 aliphatic heterocycles. The third-order valence-electron chi connectivity index (χ3n) is 4.50. The minimum absolute atomic E-state index is 0.359. The fraction of sp³-hybridized carbons (Fsp3) is 1.00. The highest BCUT2D eigenvalue weighted by Gasteiger charge is 2.20. The average Bonchev–Trinajstić information content (AvgIpc) is 2.48. The van der Waals surface area contributed by atoms with Crippen LogP contribution in [0, 0.1) is 5.92 Å². The lowest BCUT2D eigenvalue weighted by atomic mass is 9.89. The molecule has 0 amide bonds. The van der Waals surface area contributed by atoms with E-state index in [2.05, 4.69) is 19.2 Å². The van der Waals surface area contributed by atoms with Crippen molar-refractivity contribution in [1.82, 2.24) is 5.32 Å². The van der Waals surface area contributed by atoms with Gasteiger partial charge in [-0.05, 0) is 31.7 Å². The van der Waals surface area contributed by atoms with Crippen LogP contribution in [0.2, 0.25) is 0 Å². The van der Waals surface area contributed by atoms with Crippen molar-refractivity contribution in [3.63, 3.8) is 0 Å². The average molecular weight is 299 g/mol. The minimum atomic E-state index is -0.359. The Balaban J connectivity index is 1.88. The quantitative estimate of drug-likeness (QED) is 0.537. The third-order valence-corrected chi connectivity index (χ3v) is 4.50. The van der Waals surface area contributed by atoms with Gasteiger partial charge in [0.25, 0.3) is 0 Å². The SMILES string of the molecule is CCCCCCCCNCC(O)COC1CCCC(C)C1. The van der Waals surface area contributed by atoms with Gasteiger partial charge < -0.3 is 15.2 Å². The predicted molar refractivity (Wildman–Crippen MR) is 89.6 cm³/mol. The zero-order chi connectivity index (χ0) is 15.3. The molecule has 1 saturated carbocycles. The molecule has 2 N–H and O–H groups in total. The zero-order valence-corrected chi connectivity index (χ0v) is 14.3. The van der Waals surface area contributed by atoms with E-state index in [0.29, 0.717) is 19.3 Å². The van der Waals surface area contributed by atoms with Gasteiger partial charge >= 0.3 is 0 Å². The van der Waals surface area contributed by atoms with E-state index >= 15 is 0 Å². The molecule has 0 saturated heterocycles. The monoisotopic (exact) mass is 299 g/mol. The molecule has 1 aliphatic carbocycles. The van der Waals surface area contributed by atoms with Crippen LogP contribution in [-0.4, -0.2) is 37.0 Å². The van der Waals surface area contributed by atoms with Gasteiger partial charge in [0, 0.05) is 6.54 Å². The molecular weight excluding hydrogens is 262 g/mol. The van der Waals surface area contributed by atoms with Crippen LogP contribution in [0.4, 0.5) is 0 Å². The minimum Gasteiger partial charge on any atom is -0.389 e. The molecule has 0 heterocycles. The predicted octanol–water partition coefficient (Wildman–Crippen LogP) is 3.89. The first kappa shape index (κ1) is 18.9. The second-order valence-corrected chi connectivity index (χ2v) is 6.85. The molecule has 1 aliphatic rings. The number of nitrogens with one attached hydrogen (secondary N) is 1. The fourth-order valence-corrected chi connectivity index (χ4v) is 3.13. The largest absolute Gasteiger partial charge is 0.389 e. The van der Waals surface area contributed by atoms with Crippen LogP contribution in [0.3, 0.4) is 0 Å². The van der Waals surface area contributed by atoms with Crippen LogP contribution >= 0.6 is 0 Å². The van der Waals surface area contributed by atoms with E-state index in [1.54, 1.807) is 0 Å². The van der Waals surface area contributed by atoms with Crippen LogP contribution in [0.5, 0.6) is 0 Å². The van der Waals surface area contributed by atoms with Gasteiger partial charge in [0.2, 0.25) is 0 Å². The molecule has 126 valence electrons. The van der Waals surface area contributed by atoms with Crippen LogP contribution in [0.15, 0.2) is 0 Å². The summed E-state index contributed by atoms with van der Waals surface area (Å²) in [5.74, 6) is 0.784. The summed E-state index contributed by atoms with van der Waals surface area (Å²) in [6.45, 7) is 6.72. The van der Waals surface area contributed by atoms with Crippen molar-refractivity contribution in [3.05, 3.63) is 0 Å². The number of aliphatic hydroxyl groups is 1. The van der Waals surface area contributed by atoms with Gasteiger partial charge in [-0.2, -0.15) is 0 Å². The van der Waals surface area contributed by atoms with Crippen molar-refractivity contribution in [2.75, 3.05) is 19.7 Å². The molecule has 3 atom stereocenters. The lowest BCUT2D eigenvalue weighted by molar-refractivity contribution is -0.0305. The zero-order valence-electron chi connectivity index (χ0n) is 14.3. The third kappa shape index (κ3) is 10.3. The van der Waals surface area contributed by atoms with Gasteiger partial charge in [0.15, 0.2) is 0 Å². The molecule has 1 fully saturated rings. The Morgan fingerprint density at radius 1 is 1.14 bits per heavy atom. The van der Waals surface area contributed by atoms with Gasteiger partial charge in [-0.1, -0.05) is 58.8 Å². The molecule has 1 rings (SSSR count). The normalized spacial score (nSPS) is 24.1. The van der Waals surface area contributed by atoms with E-state index in [1.165, 1.54) is 57.8 Å². The molecule has 0 radical (unpaired) electrons. The maximum atomic E-state index is 9.93. The Morgan fingerprint density at radius 3 is 2.67 bits per heavy atom. The molecule has 21 heavy (non-hydrogen) atoms. The summed E-state index contributed by atoms with van der Waals surface area (Å²) in [6, 6.07) is 0. The highest BCUT2D eigenvalue weighted by Crippen LogP contribution is 2.25. The highest BCUT2D eigenvalue weighted by atomic mass is 16.5. The summed E-state index contributed by atoms with van der Waals surface area (Å²) in [6.07, 6.45) is 12.9. The van der Waals surface area contributed by atoms with Crippen molar-refractivity contribution in [2.24, 2.45) is 5.92 Å². The Hall–Kier alpha value is -0.120. The lowest BCUT2D eigenvalue weighted by Gasteiger charge is -2.27. The molecule has 3 unspecified atom stereocenters. The Kier molecular flexibility index (Phi) is 11.2. The molecule has 0 spiro atoms. The highest BCUT2D eigenvalue weighted by molar-refractivity contribution is 4.71. The second kappa shape index (κ2) is 12.4. The van der Waals surface area contributed by atoms with E-state index < -0.39 is 0 Å². The summed E-state index contributed by atoms with van der Waals surface area (Å²) < 4.78 is 5.85. The number of ether oxygens (including phenoxy) is 1. The Bertz CT molecular complexity index is 235. The van der Waals surface area contributed by atoms with Crippen LogP contribution < -0.4 is 5.32 Å². The maximum Gasteiger partial charge on any atom is 0.0897 e. The lowest BCUT2D eigenvalue weighted by Crippen LogP contribution is -2.33. The summed E-state index contributed by atoms with van der Waals surface area (Å²) in [4.78, 5) is 0. The molecular formula is C18H37NO2. The Labute approximate surface area is 131 Å². The smallest absolute Gasteiger partial charge is 0.0897 e. The van der Waals surface area contributed by atoms with Crippen molar-refractivity contribution in [2.45, 2.75) is 90.3 Å². The van der Waals surface area contributed by atoms with Gasteiger partial charge in [-0.15, -0.1) is 0 Å². The molecule has 3 nitrogen and oxygen atoms in total. The second-order valence-electron chi connectivity index (χ2n) is 6.85.